The quantitative estimate of drug-likeness (QED) is 0.506. The molecule has 114 valence electrons. The maximum absolute atomic E-state index is 5.69. The summed E-state index contributed by atoms with van der Waals surface area (Å²) in [5.41, 5.74) is 2.01. The lowest BCUT2D eigenvalue weighted by atomic mass is 10.3. The first-order chi connectivity index (χ1) is 10.7. The fourth-order valence-corrected chi connectivity index (χ4v) is 3.06. The summed E-state index contributed by atoms with van der Waals surface area (Å²) in [6.45, 7) is 0.623. The summed E-state index contributed by atoms with van der Waals surface area (Å²) in [6, 6.07) is 13.6. The Labute approximate surface area is 141 Å². The van der Waals surface area contributed by atoms with Crippen molar-refractivity contribution in [2.75, 3.05) is 19.5 Å². The molecule has 0 aliphatic rings. The second-order valence-electron chi connectivity index (χ2n) is 4.58. The Bertz CT molecular complexity index is 758. The van der Waals surface area contributed by atoms with E-state index in [9.17, 15) is 0 Å². The summed E-state index contributed by atoms with van der Waals surface area (Å²) in [5, 5.41) is 0.909. The van der Waals surface area contributed by atoms with E-state index in [4.69, 9.17) is 9.47 Å². The predicted molar refractivity (Wildman–Crippen MR) is 93.0 cm³/mol. The maximum atomic E-state index is 5.69. The normalized spacial score (nSPS) is 10.8. The van der Waals surface area contributed by atoms with Gasteiger partial charge in [0.2, 0.25) is 0 Å². The molecule has 0 amide bonds. The largest absolute Gasteiger partial charge is 0.497 e. The fraction of sp³-hybridized carbons (Fsp3) is 0.188. The smallest absolute Gasteiger partial charge is 0.166 e. The predicted octanol–water partition coefficient (Wildman–Crippen LogP) is 4.51. The molecule has 0 spiro atoms. The molecule has 0 aliphatic heterocycles. The maximum Gasteiger partial charge on any atom is 0.166 e. The van der Waals surface area contributed by atoms with Crippen LogP contribution < -0.4 is 9.47 Å². The van der Waals surface area contributed by atoms with Gasteiger partial charge < -0.3 is 14.5 Å². The standard InChI is InChI=1S/C16H15BrN2O2S/c1-20-12-3-5-13(6-4-12)21-8-9-22-16-18-14-7-2-11(17)10-15(14)19-16/h2-7,10H,8-9H2,1H3,(H,18,19). The Balaban J connectivity index is 1.51. The topological polar surface area (TPSA) is 47.1 Å². The van der Waals surface area contributed by atoms with Gasteiger partial charge in [0.15, 0.2) is 5.16 Å². The average molecular weight is 379 g/mol. The summed E-state index contributed by atoms with van der Waals surface area (Å²) >= 11 is 5.11. The van der Waals surface area contributed by atoms with Crippen LogP contribution in [0.2, 0.25) is 0 Å². The van der Waals surface area contributed by atoms with Gasteiger partial charge in [-0.15, -0.1) is 0 Å². The van der Waals surface area contributed by atoms with Crippen LogP contribution in [0.15, 0.2) is 52.1 Å². The van der Waals surface area contributed by atoms with Gasteiger partial charge in [-0.1, -0.05) is 27.7 Å². The third-order valence-electron chi connectivity index (χ3n) is 3.07. The molecule has 0 unspecified atom stereocenters. The molecule has 0 saturated heterocycles. The number of aromatic amines is 1. The zero-order valence-electron chi connectivity index (χ0n) is 12.0. The van der Waals surface area contributed by atoms with Crippen molar-refractivity contribution in [3.63, 3.8) is 0 Å². The highest BCUT2D eigenvalue weighted by atomic mass is 79.9. The Kier molecular flexibility index (Phi) is 4.90. The lowest BCUT2D eigenvalue weighted by Gasteiger charge is -2.06. The molecule has 1 aromatic heterocycles. The molecule has 6 heteroatoms. The number of nitrogens with one attached hydrogen (secondary N) is 1. The number of halogens is 1. The molecule has 0 saturated carbocycles. The summed E-state index contributed by atoms with van der Waals surface area (Å²) in [7, 11) is 1.65. The third kappa shape index (κ3) is 3.75. The van der Waals surface area contributed by atoms with Gasteiger partial charge in [-0.3, -0.25) is 0 Å². The zero-order chi connectivity index (χ0) is 15.4. The number of H-pyrrole nitrogens is 1. The van der Waals surface area contributed by atoms with Gasteiger partial charge in [0.05, 0.1) is 24.8 Å². The van der Waals surface area contributed by atoms with Crippen LogP contribution in [-0.2, 0) is 0 Å². The highest BCUT2D eigenvalue weighted by Gasteiger charge is 2.04. The van der Waals surface area contributed by atoms with E-state index in [1.54, 1.807) is 18.9 Å². The molecule has 2 aromatic carbocycles. The van der Waals surface area contributed by atoms with Crippen molar-refractivity contribution >= 4 is 38.7 Å². The van der Waals surface area contributed by atoms with Crippen LogP contribution in [0.5, 0.6) is 11.5 Å². The van der Waals surface area contributed by atoms with E-state index in [1.807, 2.05) is 42.5 Å². The van der Waals surface area contributed by atoms with E-state index >= 15 is 0 Å². The number of hydrogen-bond donors (Lipinski definition) is 1. The molecule has 0 bridgehead atoms. The molecule has 4 nitrogen and oxygen atoms in total. The van der Waals surface area contributed by atoms with Gasteiger partial charge >= 0.3 is 0 Å². The van der Waals surface area contributed by atoms with Gasteiger partial charge in [-0.2, -0.15) is 0 Å². The summed E-state index contributed by atoms with van der Waals surface area (Å²) in [6.07, 6.45) is 0. The molecule has 0 aliphatic carbocycles. The number of nitrogens with zero attached hydrogens (tertiary/aromatic N) is 1. The Morgan fingerprint density at radius 2 is 1.91 bits per heavy atom. The van der Waals surface area contributed by atoms with Crippen molar-refractivity contribution < 1.29 is 9.47 Å². The number of imidazole rings is 1. The summed E-state index contributed by atoms with van der Waals surface area (Å²) in [5.74, 6) is 2.50. The van der Waals surface area contributed by atoms with Crippen LogP contribution in [0.4, 0.5) is 0 Å². The molecule has 0 atom stereocenters. The van der Waals surface area contributed by atoms with Gasteiger partial charge in [0.1, 0.15) is 11.5 Å². The van der Waals surface area contributed by atoms with E-state index in [0.717, 1.165) is 37.9 Å². The molecular weight excluding hydrogens is 364 g/mol. The third-order valence-corrected chi connectivity index (χ3v) is 4.40. The second kappa shape index (κ2) is 7.07. The highest BCUT2D eigenvalue weighted by molar-refractivity contribution is 9.10. The average Bonchev–Trinajstić information content (AvgIpc) is 2.94. The van der Waals surface area contributed by atoms with Crippen molar-refractivity contribution in [2.45, 2.75) is 5.16 Å². The van der Waals surface area contributed by atoms with E-state index in [1.165, 1.54) is 0 Å². The SMILES string of the molecule is COc1ccc(OCCSc2nc3ccc(Br)cc3[nH]2)cc1. The Morgan fingerprint density at radius 1 is 1.14 bits per heavy atom. The minimum absolute atomic E-state index is 0.623. The molecule has 22 heavy (non-hydrogen) atoms. The number of ether oxygens (including phenoxy) is 2. The zero-order valence-corrected chi connectivity index (χ0v) is 14.4. The van der Waals surface area contributed by atoms with Gasteiger partial charge in [-0.25, -0.2) is 4.98 Å². The van der Waals surface area contributed by atoms with Crippen molar-refractivity contribution in [2.24, 2.45) is 0 Å². The number of aromatic nitrogens is 2. The van der Waals surface area contributed by atoms with E-state index in [-0.39, 0.29) is 0 Å². The first kappa shape index (κ1) is 15.2. The number of benzene rings is 2. The number of rotatable bonds is 6. The number of methoxy groups -OCH3 is 1. The van der Waals surface area contributed by atoms with E-state index in [0.29, 0.717) is 6.61 Å². The molecule has 3 rings (SSSR count). The number of fused-ring (bicyclic) bond motifs is 1. The van der Waals surface area contributed by atoms with Crippen LogP contribution >= 0.6 is 27.7 Å². The molecule has 0 fully saturated rings. The van der Waals surface area contributed by atoms with Gasteiger partial charge in [-0.05, 0) is 42.5 Å². The first-order valence-corrected chi connectivity index (χ1v) is 8.57. The van der Waals surface area contributed by atoms with Crippen LogP contribution in [0.1, 0.15) is 0 Å². The summed E-state index contributed by atoms with van der Waals surface area (Å²) in [4.78, 5) is 7.84. The van der Waals surface area contributed by atoms with Crippen molar-refractivity contribution in [3.8, 4) is 11.5 Å². The lowest BCUT2D eigenvalue weighted by Crippen LogP contribution is -2.00. The number of thioether (sulfide) groups is 1. The van der Waals surface area contributed by atoms with Gasteiger partial charge in [0, 0.05) is 10.2 Å². The molecule has 0 radical (unpaired) electrons. The van der Waals surface area contributed by atoms with Crippen LogP contribution in [0, 0.1) is 0 Å². The van der Waals surface area contributed by atoms with Crippen molar-refractivity contribution in [3.05, 3.63) is 46.9 Å². The first-order valence-electron chi connectivity index (χ1n) is 6.79. The molecule has 1 heterocycles. The van der Waals surface area contributed by atoms with Crippen LogP contribution in [0.3, 0.4) is 0 Å². The Hall–Kier alpha value is -1.66. The number of hydrogen-bond acceptors (Lipinski definition) is 4. The van der Waals surface area contributed by atoms with Crippen molar-refractivity contribution in [1.82, 2.24) is 9.97 Å². The van der Waals surface area contributed by atoms with E-state index < -0.39 is 0 Å². The lowest BCUT2D eigenvalue weighted by molar-refractivity contribution is 0.342. The monoisotopic (exact) mass is 378 g/mol. The van der Waals surface area contributed by atoms with Crippen molar-refractivity contribution in [1.29, 1.82) is 0 Å². The molecule has 1 N–H and O–H groups in total. The van der Waals surface area contributed by atoms with Gasteiger partial charge in [0.25, 0.3) is 0 Å². The second-order valence-corrected chi connectivity index (χ2v) is 6.58. The molecule has 3 aromatic rings. The fourth-order valence-electron chi connectivity index (χ4n) is 2.00. The van der Waals surface area contributed by atoms with Crippen LogP contribution in [-0.4, -0.2) is 29.4 Å². The van der Waals surface area contributed by atoms with E-state index in [2.05, 4.69) is 25.9 Å². The summed E-state index contributed by atoms with van der Waals surface area (Å²) < 4.78 is 11.9. The van der Waals surface area contributed by atoms with Crippen LogP contribution in [0.25, 0.3) is 11.0 Å². The minimum Gasteiger partial charge on any atom is -0.497 e. The Morgan fingerprint density at radius 3 is 2.68 bits per heavy atom. The minimum atomic E-state index is 0.623. The highest BCUT2D eigenvalue weighted by Crippen LogP contribution is 2.23. The molecular formula is C16H15BrN2O2S.